The van der Waals surface area contributed by atoms with Crippen LogP contribution in [-0.4, -0.2) is 56.5 Å². The first-order valence-corrected chi connectivity index (χ1v) is 43.2. The fourth-order valence-electron chi connectivity index (χ4n) is 18.0. The molecule has 1 aliphatic heterocycles. The van der Waals surface area contributed by atoms with E-state index in [0.717, 1.165) is 99.9 Å². The highest BCUT2D eigenvalue weighted by molar-refractivity contribution is 6.62. The van der Waals surface area contributed by atoms with Gasteiger partial charge in [-0.15, -0.1) is 0 Å². The zero-order chi connectivity index (χ0) is 88.3. The summed E-state index contributed by atoms with van der Waals surface area (Å²) in [7, 11) is -0.414. The molecule has 0 saturated carbocycles. The second kappa shape index (κ2) is 33.2. The minimum absolute atomic E-state index is 0.321. The van der Waals surface area contributed by atoms with Gasteiger partial charge in [-0.25, -0.2) is 39.3 Å². The molecule has 0 N–H and O–H groups in total. The third kappa shape index (κ3) is 14.2. The van der Waals surface area contributed by atoms with E-state index >= 15 is 0 Å². The molecule has 6 aromatic heterocycles. The van der Waals surface area contributed by atoms with Gasteiger partial charge in [-0.3, -0.25) is 0 Å². The highest BCUT2D eigenvalue weighted by atomic mass is 35.5. The Kier molecular flexibility index (Phi) is 20.5. The van der Waals surface area contributed by atoms with E-state index in [2.05, 4.69) is 290 Å². The lowest BCUT2D eigenvalue weighted by Crippen LogP contribution is -2.41. The number of fused-ring (bicyclic) bond motifs is 12. The standard InChI is InChI=1S/C54H32N6.C36H31BN2O2.C24H13ClN4/c1-55-46-32-38(52-53(56-2)51(35-17-7-3-8-18-35)57-54(58-52)36-19-9-4-10-20-36)27-29-41(46)37-28-30-48-43(31-37)45-33-44-42-25-15-16-26-47(42)59(39-21-11-5-12-22-39)49(44)34-50(45)60(48)40-23-13-6-14-24-40;1-35(2)36(3,4)41-37(40-35)24-19-20-32-28(21-24)30-22-29-27-17-11-12-18-31(27)38(25-13-7-5-8-14-25)33(29)23-34(30)39(32)26-15-9-6-10-16-26;1-26-20-15-18(13-14-19(20)25)22-23(27-2)21(16-9-5-3-6-10-16)28-24(29-22)17-11-7-4-8-12-17/h3-34H;5-23H,1-4H3;3-15H. The number of para-hydroxylation sites is 6. The minimum Gasteiger partial charge on any atom is -0.399 e. The Morgan fingerprint density at radius 1 is 0.262 bits per heavy atom. The van der Waals surface area contributed by atoms with E-state index < -0.39 is 18.3 Å². The summed E-state index contributed by atoms with van der Waals surface area (Å²) in [4.78, 5) is 34.6. The van der Waals surface area contributed by atoms with Crippen molar-refractivity contribution in [2.24, 2.45) is 0 Å². The van der Waals surface area contributed by atoms with Crippen molar-refractivity contribution in [3.05, 3.63) is 439 Å². The van der Waals surface area contributed by atoms with Gasteiger partial charge in [-0.2, -0.15) is 0 Å². The van der Waals surface area contributed by atoms with Crippen molar-refractivity contribution < 1.29 is 9.31 Å². The second-order valence-corrected chi connectivity index (χ2v) is 33.5. The summed E-state index contributed by atoms with van der Waals surface area (Å²) in [5.41, 5.74) is 23.9. The number of halogens is 1. The zero-order valence-electron chi connectivity index (χ0n) is 71.1. The Balaban J connectivity index is 0.000000127. The van der Waals surface area contributed by atoms with Crippen LogP contribution in [0.5, 0.6) is 0 Å². The largest absolute Gasteiger partial charge is 0.494 e. The van der Waals surface area contributed by atoms with Crippen LogP contribution in [0.2, 0.25) is 5.02 Å². The molecular formula is C114H76BClN12O2. The molecule has 7 heterocycles. The van der Waals surface area contributed by atoms with Crippen LogP contribution < -0.4 is 5.46 Å². The Hall–Kier alpha value is -16.9. The lowest BCUT2D eigenvalue weighted by Gasteiger charge is -2.32. The van der Waals surface area contributed by atoms with E-state index in [9.17, 15) is 0 Å². The molecule has 23 rings (SSSR count). The Bertz CT molecular complexity index is 8390. The maximum atomic E-state index is 8.42. The van der Waals surface area contributed by atoms with Crippen LogP contribution in [0.25, 0.3) is 208 Å². The van der Waals surface area contributed by atoms with Gasteiger partial charge in [0.05, 0.1) is 104 Å². The maximum absolute atomic E-state index is 8.42. The highest BCUT2D eigenvalue weighted by Crippen LogP contribution is 2.48. The Morgan fingerprint density at radius 3 is 0.962 bits per heavy atom. The van der Waals surface area contributed by atoms with Gasteiger partial charge >= 0.3 is 7.12 Å². The molecule has 0 spiro atoms. The number of hydrogen-bond acceptors (Lipinski definition) is 6. The Labute approximate surface area is 756 Å². The van der Waals surface area contributed by atoms with Crippen LogP contribution in [0.3, 0.4) is 0 Å². The molecular weight excluding hydrogens is 1620 g/mol. The van der Waals surface area contributed by atoms with Gasteiger partial charge in [0, 0.05) is 82.0 Å². The first kappa shape index (κ1) is 80.2. The molecule has 0 amide bonds. The molecule has 0 bridgehead atoms. The number of aromatic nitrogens is 8. The SMILES string of the molecule is CC1(C)OB(c2ccc3c(c2)c2cc4c5ccccc5n(-c5ccccc5)c4cc2n3-c2ccccc2)OC1(C)C.[C-]#[N+]c1cc(-c2nc(-c3ccccc3)nc(-c3ccccc3)c2[N+]#[C-])ccc1-c1ccc2c(c1)c1cc3c4ccccc4n(-c4ccccc4)c3cc1n2-c1ccccc1.[C-]#[N+]c1cc(-c2nc(-c3ccccc3)nc(-c3ccccc3)c2[N+]#[C-])ccc1Cl. The van der Waals surface area contributed by atoms with E-state index in [1.165, 1.54) is 48.9 Å². The second-order valence-electron chi connectivity index (χ2n) is 33.1. The minimum atomic E-state index is -0.414. The topological polar surface area (TPSA) is 107 Å². The molecule has 0 radical (unpaired) electrons. The average Bonchev–Trinajstić information content (AvgIpc) is 1.55. The van der Waals surface area contributed by atoms with Crippen molar-refractivity contribution in [3.63, 3.8) is 0 Å². The normalized spacial score (nSPS) is 12.7. The first-order valence-electron chi connectivity index (χ1n) is 42.8. The molecule has 0 unspecified atom stereocenters. The van der Waals surface area contributed by atoms with Gasteiger partial charge in [-0.1, -0.05) is 285 Å². The van der Waals surface area contributed by atoms with E-state index in [1.54, 1.807) is 18.2 Å². The number of hydrogen-bond donors (Lipinski definition) is 0. The van der Waals surface area contributed by atoms with E-state index in [0.29, 0.717) is 73.3 Å². The third-order valence-corrected chi connectivity index (χ3v) is 25.2. The Morgan fingerprint density at radius 2 is 0.569 bits per heavy atom. The third-order valence-electron chi connectivity index (χ3n) is 24.9. The van der Waals surface area contributed by atoms with Crippen LogP contribution in [0.15, 0.2) is 388 Å². The summed E-state index contributed by atoms with van der Waals surface area (Å²) < 4.78 is 22.4. The van der Waals surface area contributed by atoms with Crippen molar-refractivity contribution in [1.82, 2.24) is 38.2 Å². The number of benzene rings is 16. The van der Waals surface area contributed by atoms with Crippen LogP contribution in [-0.2, 0) is 9.31 Å². The van der Waals surface area contributed by atoms with E-state index in [1.807, 2.05) is 146 Å². The molecule has 0 atom stereocenters. The van der Waals surface area contributed by atoms with Crippen molar-refractivity contribution in [2.45, 2.75) is 38.9 Å². The lowest BCUT2D eigenvalue weighted by molar-refractivity contribution is 0.00578. The van der Waals surface area contributed by atoms with Crippen molar-refractivity contribution in [1.29, 1.82) is 0 Å². The molecule has 16 aromatic carbocycles. The van der Waals surface area contributed by atoms with Crippen LogP contribution in [0.1, 0.15) is 27.7 Å². The molecule has 1 aliphatic rings. The van der Waals surface area contributed by atoms with Gasteiger partial charge in [0.15, 0.2) is 17.3 Å². The van der Waals surface area contributed by atoms with Crippen molar-refractivity contribution >= 4 is 134 Å². The number of rotatable bonds is 12. The van der Waals surface area contributed by atoms with Gasteiger partial charge in [0.25, 0.3) is 0 Å². The average molecular weight is 1690 g/mol. The molecule has 1 fully saturated rings. The van der Waals surface area contributed by atoms with Crippen LogP contribution in [0.4, 0.5) is 22.7 Å². The summed E-state index contributed by atoms with van der Waals surface area (Å²) in [6.07, 6.45) is 0. The smallest absolute Gasteiger partial charge is 0.399 e. The zero-order valence-corrected chi connectivity index (χ0v) is 71.8. The fourth-order valence-corrected chi connectivity index (χ4v) is 18.2. The lowest BCUT2D eigenvalue weighted by atomic mass is 9.78. The summed E-state index contributed by atoms with van der Waals surface area (Å²) in [6, 6.07) is 132. The summed E-state index contributed by atoms with van der Waals surface area (Å²) >= 11 is 6.10. The molecule has 14 nitrogen and oxygen atoms in total. The first-order chi connectivity index (χ1) is 63.7. The highest BCUT2D eigenvalue weighted by Gasteiger charge is 2.52. The molecule has 22 aromatic rings. The summed E-state index contributed by atoms with van der Waals surface area (Å²) in [5, 5.41) is 9.85. The summed E-state index contributed by atoms with van der Waals surface area (Å²) in [5.74, 6) is 1.04. The predicted molar refractivity (Wildman–Crippen MR) is 532 cm³/mol. The quantitative estimate of drug-likeness (QED) is 0.0891. The molecule has 614 valence electrons. The van der Waals surface area contributed by atoms with Crippen molar-refractivity contribution in [3.8, 4) is 102 Å². The van der Waals surface area contributed by atoms with E-state index in [-0.39, 0.29) is 0 Å². The maximum Gasteiger partial charge on any atom is 0.494 e. The number of nitrogens with zero attached hydrogens (tertiary/aromatic N) is 12. The van der Waals surface area contributed by atoms with Crippen molar-refractivity contribution in [2.75, 3.05) is 0 Å². The van der Waals surface area contributed by atoms with Gasteiger partial charge in [-0.05, 0) is 182 Å². The monoisotopic (exact) mass is 1690 g/mol. The van der Waals surface area contributed by atoms with Crippen LogP contribution >= 0.6 is 11.6 Å². The molecule has 1 saturated heterocycles. The van der Waals surface area contributed by atoms with E-state index in [4.69, 9.17) is 67.1 Å². The predicted octanol–water partition coefficient (Wildman–Crippen LogP) is 29.9. The molecule has 130 heavy (non-hydrogen) atoms. The molecule has 16 heteroatoms. The van der Waals surface area contributed by atoms with Gasteiger partial charge < -0.3 is 27.6 Å². The molecule has 0 aliphatic carbocycles. The fraction of sp³-hybridized carbons (Fsp3) is 0.0526. The van der Waals surface area contributed by atoms with Crippen LogP contribution in [0, 0.1) is 26.3 Å². The summed E-state index contributed by atoms with van der Waals surface area (Å²) in [6.45, 7) is 40.3. The van der Waals surface area contributed by atoms with Gasteiger partial charge in [0.2, 0.25) is 17.1 Å². The van der Waals surface area contributed by atoms with Gasteiger partial charge in [0.1, 0.15) is 0 Å².